The van der Waals surface area contributed by atoms with Gasteiger partial charge in [0.05, 0.1) is 12.0 Å². The van der Waals surface area contributed by atoms with Crippen LogP contribution in [-0.4, -0.2) is 16.8 Å². The normalized spacial score (nSPS) is 16.4. The molecule has 2 heterocycles. The quantitative estimate of drug-likeness (QED) is 0.464. The minimum absolute atomic E-state index is 0.0576. The highest BCUT2D eigenvalue weighted by Gasteiger charge is 2.40. The van der Waals surface area contributed by atoms with E-state index >= 15 is 0 Å². The van der Waals surface area contributed by atoms with Crippen molar-refractivity contribution < 1.29 is 9.59 Å². The summed E-state index contributed by atoms with van der Waals surface area (Å²) in [5.41, 5.74) is 5.99. The van der Waals surface area contributed by atoms with Crippen LogP contribution in [0.2, 0.25) is 5.02 Å². The molecule has 1 aliphatic heterocycles. The number of rotatable bonds is 4. The first-order valence-electron chi connectivity index (χ1n) is 12.5. The number of carbonyl (C=O) groups excluding carboxylic acids is 2. The van der Waals surface area contributed by atoms with Crippen LogP contribution in [0.3, 0.4) is 0 Å². The molecule has 1 spiro atoms. The van der Waals surface area contributed by atoms with Gasteiger partial charge in [-0.1, -0.05) is 49.1 Å². The Bertz CT molecular complexity index is 1420. The molecular weight excluding hydrogens is 474 g/mol. The highest BCUT2D eigenvalue weighted by molar-refractivity contribution is 6.33. The summed E-state index contributed by atoms with van der Waals surface area (Å²) in [6, 6.07) is 13.2. The molecule has 1 aliphatic carbocycles. The molecule has 5 rings (SSSR count). The van der Waals surface area contributed by atoms with Crippen LogP contribution in [0.25, 0.3) is 11.1 Å². The summed E-state index contributed by atoms with van der Waals surface area (Å²) in [4.78, 5) is 40.6. The molecule has 2 aromatic carbocycles. The zero-order valence-electron chi connectivity index (χ0n) is 20.6. The Labute approximate surface area is 215 Å². The zero-order chi connectivity index (χ0) is 25.4. The van der Waals surface area contributed by atoms with Crippen LogP contribution in [0.5, 0.6) is 0 Å². The van der Waals surface area contributed by atoms with Crippen LogP contribution in [0.15, 0.2) is 47.3 Å². The van der Waals surface area contributed by atoms with Gasteiger partial charge in [-0.15, -0.1) is 0 Å². The number of hydrogen-bond donors (Lipinski definition) is 3. The molecule has 36 heavy (non-hydrogen) atoms. The molecule has 1 aromatic heterocycles. The smallest absolute Gasteiger partial charge is 0.253 e. The zero-order valence-corrected chi connectivity index (χ0v) is 21.3. The Balaban J connectivity index is 1.42. The Morgan fingerprint density at radius 1 is 1.03 bits per heavy atom. The van der Waals surface area contributed by atoms with E-state index in [0.717, 1.165) is 53.6 Å². The van der Waals surface area contributed by atoms with Gasteiger partial charge in [0.1, 0.15) is 0 Å². The van der Waals surface area contributed by atoms with Crippen LogP contribution in [0.4, 0.5) is 0 Å². The largest absolute Gasteiger partial charge is 0.348 e. The molecule has 2 aliphatic rings. The predicted molar refractivity (Wildman–Crippen MR) is 141 cm³/mol. The van der Waals surface area contributed by atoms with Gasteiger partial charge in [-0.3, -0.25) is 14.4 Å². The third-order valence-electron chi connectivity index (χ3n) is 7.52. The van der Waals surface area contributed by atoms with Gasteiger partial charge in [-0.2, -0.15) is 0 Å². The Hall–Kier alpha value is -3.38. The summed E-state index contributed by atoms with van der Waals surface area (Å²) >= 11 is 6.56. The van der Waals surface area contributed by atoms with Gasteiger partial charge in [0, 0.05) is 34.0 Å². The number of fused-ring (bicyclic) bond motifs is 2. The molecule has 7 heteroatoms. The molecule has 186 valence electrons. The van der Waals surface area contributed by atoms with Crippen LogP contribution < -0.4 is 16.2 Å². The van der Waals surface area contributed by atoms with E-state index in [0.29, 0.717) is 22.6 Å². The summed E-state index contributed by atoms with van der Waals surface area (Å²) in [7, 11) is 0. The Morgan fingerprint density at radius 3 is 2.56 bits per heavy atom. The molecule has 1 fully saturated rings. The van der Waals surface area contributed by atoms with E-state index in [1.54, 1.807) is 18.2 Å². The summed E-state index contributed by atoms with van der Waals surface area (Å²) in [6.07, 6.45) is 5.69. The molecule has 6 nitrogen and oxygen atoms in total. The molecular formula is C29H30ClN3O3. The SMILES string of the molecule is Cc1cc(C)c(CNC(=O)c2ccc(Cl)c(-c3ccc4c(c3)CC(=O)NC43CCCCC3)c2)c(=O)[nH]1. The van der Waals surface area contributed by atoms with E-state index in [1.807, 2.05) is 32.0 Å². The van der Waals surface area contributed by atoms with Crippen LogP contribution >= 0.6 is 11.6 Å². The van der Waals surface area contributed by atoms with Crippen molar-refractivity contribution in [1.82, 2.24) is 15.6 Å². The number of nitrogens with one attached hydrogen (secondary N) is 3. The number of H-pyrrole nitrogens is 1. The van der Waals surface area contributed by atoms with Crippen LogP contribution in [0.1, 0.15) is 70.4 Å². The van der Waals surface area contributed by atoms with E-state index in [2.05, 4.69) is 21.7 Å². The highest BCUT2D eigenvalue weighted by Crippen LogP contribution is 2.42. The second kappa shape index (κ2) is 9.58. The first-order valence-corrected chi connectivity index (χ1v) is 12.9. The number of carbonyl (C=O) groups is 2. The van der Waals surface area contributed by atoms with Gasteiger partial charge in [0.2, 0.25) is 5.91 Å². The fourth-order valence-corrected chi connectivity index (χ4v) is 5.96. The van der Waals surface area contributed by atoms with Crippen molar-refractivity contribution in [1.29, 1.82) is 0 Å². The van der Waals surface area contributed by atoms with Crippen molar-refractivity contribution in [2.75, 3.05) is 0 Å². The number of benzene rings is 2. The van der Waals surface area contributed by atoms with Crippen molar-refractivity contribution >= 4 is 23.4 Å². The predicted octanol–water partition coefficient (Wildman–Crippen LogP) is 5.07. The maximum absolute atomic E-state index is 13.0. The summed E-state index contributed by atoms with van der Waals surface area (Å²) < 4.78 is 0. The molecule has 1 saturated carbocycles. The third-order valence-corrected chi connectivity index (χ3v) is 7.85. The molecule has 0 bridgehead atoms. The van der Waals surface area contributed by atoms with Gasteiger partial charge in [-0.05, 0) is 73.2 Å². The monoisotopic (exact) mass is 503 g/mol. The lowest BCUT2D eigenvalue weighted by molar-refractivity contribution is -0.123. The van der Waals surface area contributed by atoms with Crippen molar-refractivity contribution in [2.45, 2.75) is 64.5 Å². The fourth-order valence-electron chi connectivity index (χ4n) is 5.74. The first-order chi connectivity index (χ1) is 17.3. The number of aryl methyl sites for hydroxylation is 2. The molecule has 0 radical (unpaired) electrons. The average molecular weight is 504 g/mol. The first kappa shape index (κ1) is 24.3. The summed E-state index contributed by atoms with van der Waals surface area (Å²) in [5.74, 6) is -0.229. The minimum atomic E-state index is -0.286. The molecule has 0 saturated heterocycles. The maximum atomic E-state index is 13.0. The maximum Gasteiger partial charge on any atom is 0.253 e. The van der Waals surface area contributed by atoms with Gasteiger partial charge < -0.3 is 15.6 Å². The topological polar surface area (TPSA) is 91.1 Å². The van der Waals surface area contributed by atoms with Gasteiger partial charge in [0.25, 0.3) is 11.5 Å². The van der Waals surface area contributed by atoms with Crippen molar-refractivity contribution in [3.05, 3.63) is 91.4 Å². The average Bonchev–Trinajstić information content (AvgIpc) is 2.83. The van der Waals surface area contributed by atoms with E-state index in [4.69, 9.17) is 11.6 Å². The lowest BCUT2D eigenvalue weighted by Crippen LogP contribution is -2.51. The Kier molecular flexibility index (Phi) is 6.47. The van der Waals surface area contributed by atoms with Crippen LogP contribution in [-0.2, 0) is 23.3 Å². The fraction of sp³-hybridized carbons (Fsp3) is 0.345. The van der Waals surface area contributed by atoms with E-state index < -0.39 is 0 Å². The van der Waals surface area contributed by atoms with Crippen molar-refractivity contribution in [3.8, 4) is 11.1 Å². The number of pyridine rings is 1. The van der Waals surface area contributed by atoms with Crippen molar-refractivity contribution in [3.63, 3.8) is 0 Å². The lowest BCUT2D eigenvalue weighted by atomic mass is 9.72. The number of aromatic amines is 1. The van der Waals surface area contributed by atoms with E-state index in [1.165, 1.54) is 12.0 Å². The van der Waals surface area contributed by atoms with E-state index in [9.17, 15) is 14.4 Å². The molecule has 0 unspecified atom stereocenters. The number of hydrogen-bond acceptors (Lipinski definition) is 3. The van der Waals surface area contributed by atoms with Gasteiger partial charge >= 0.3 is 0 Å². The van der Waals surface area contributed by atoms with Crippen molar-refractivity contribution in [2.24, 2.45) is 0 Å². The van der Waals surface area contributed by atoms with Crippen LogP contribution in [0, 0.1) is 13.8 Å². The van der Waals surface area contributed by atoms with Gasteiger partial charge in [-0.25, -0.2) is 0 Å². The van der Waals surface area contributed by atoms with Gasteiger partial charge in [0.15, 0.2) is 0 Å². The third kappa shape index (κ3) is 4.58. The Morgan fingerprint density at radius 2 is 1.81 bits per heavy atom. The number of halogens is 1. The number of aromatic nitrogens is 1. The lowest BCUT2D eigenvalue weighted by Gasteiger charge is -2.42. The highest BCUT2D eigenvalue weighted by atomic mass is 35.5. The second-order valence-electron chi connectivity index (χ2n) is 10.1. The molecule has 0 atom stereocenters. The summed E-state index contributed by atoms with van der Waals surface area (Å²) in [6.45, 7) is 3.82. The summed E-state index contributed by atoms with van der Waals surface area (Å²) in [5, 5.41) is 6.67. The van der Waals surface area contributed by atoms with E-state index in [-0.39, 0.29) is 29.5 Å². The molecule has 3 N–H and O–H groups in total. The standard InChI is InChI=1S/C29H30ClN3O3/c1-17-12-18(2)32-28(36)23(17)16-31-27(35)20-7-9-25(30)22(14-20)19-6-8-24-21(13-19)15-26(34)33-29(24)10-4-3-5-11-29/h6-9,12-14H,3-5,10-11,15-16H2,1-2H3,(H,31,35)(H,32,36)(H,33,34). The minimum Gasteiger partial charge on any atom is -0.348 e. The molecule has 2 amide bonds. The molecule has 3 aromatic rings. The number of amides is 2. The second-order valence-corrected chi connectivity index (χ2v) is 10.5.